The highest BCUT2D eigenvalue weighted by atomic mass is 32.1. The highest BCUT2D eigenvalue weighted by molar-refractivity contribution is 7.80. The second-order valence-corrected chi connectivity index (χ2v) is 5.72. The molecule has 26 heavy (non-hydrogen) atoms. The van der Waals surface area contributed by atoms with E-state index in [1.54, 1.807) is 0 Å². The first kappa shape index (κ1) is 21.4. The fourth-order valence-corrected chi connectivity index (χ4v) is 2.17. The Balaban J connectivity index is 2.07. The number of rotatable bonds is 5. The summed E-state index contributed by atoms with van der Waals surface area (Å²) >= 11 is 5.05. The van der Waals surface area contributed by atoms with Crippen molar-refractivity contribution >= 4 is 17.3 Å². The van der Waals surface area contributed by atoms with E-state index in [9.17, 15) is 0 Å². The molecule has 0 aromatic heterocycles. The Bertz CT molecular complexity index is 777. The van der Waals surface area contributed by atoms with Crippen molar-refractivity contribution in [3.8, 4) is 47.4 Å². The van der Waals surface area contributed by atoms with Gasteiger partial charge in [0.25, 0.3) is 0 Å². The van der Waals surface area contributed by atoms with Crippen LogP contribution in [-0.2, 0) is 11.2 Å². The van der Waals surface area contributed by atoms with E-state index in [2.05, 4.69) is 59.5 Å². The smallest absolute Gasteiger partial charge is 0.159 e. The van der Waals surface area contributed by atoms with E-state index in [4.69, 9.17) is 17.0 Å². The van der Waals surface area contributed by atoms with Gasteiger partial charge >= 0.3 is 0 Å². The molecule has 0 fully saturated rings. The average molecular weight is 361 g/mol. The Morgan fingerprint density at radius 2 is 1.42 bits per heavy atom. The van der Waals surface area contributed by atoms with E-state index in [0.717, 1.165) is 25.7 Å². The minimum absolute atomic E-state index is 0.574. The van der Waals surface area contributed by atoms with Crippen LogP contribution in [0.15, 0.2) is 30.3 Å². The Labute approximate surface area is 163 Å². The SMILES string of the molecule is CCOC(=S)CCCC#CCC#CCC#CCC#CCc1ccccc1. The highest BCUT2D eigenvalue weighted by Crippen LogP contribution is 1.99. The van der Waals surface area contributed by atoms with Crippen LogP contribution in [0.1, 0.15) is 51.0 Å². The lowest BCUT2D eigenvalue weighted by Gasteiger charge is -2.01. The first-order chi connectivity index (χ1) is 12.8. The molecule has 0 bridgehead atoms. The van der Waals surface area contributed by atoms with Crippen LogP contribution in [0.2, 0.25) is 0 Å². The molecule has 0 radical (unpaired) electrons. The first-order valence-corrected chi connectivity index (χ1v) is 9.26. The van der Waals surface area contributed by atoms with Crippen LogP contribution in [0.4, 0.5) is 0 Å². The molecular formula is C24H24OS. The second-order valence-electron chi connectivity index (χ2n) is 5.27. The molecule has 0 aliphatic carbocycles. The normalized spacial score (nSPS) is 8.35. The molecule has 0 spiro atoms. The summed E-state index contributed by atoms with van der Waals surface area (Å²) in [5.74, 6) is 24.4. The summed E-state index contributed by atoms with van der Waals surface area (Å²) in [7, 11) is 0. The number of thiocarbonyl (C=S) groups is 1. The van der Waals surface area contributed by atoms with Gasteiger partial charge in [-0.3, -0.25) is 0 Å². The fraction of sp³-hybridized carbons (Fsp3) is 0.375. The zero-order valence-corrected chi connectivity index (χ0v) is 16.2. The quantitative estimate of drug-likeness (QED) is 0.417. The molecule has 1 aromatic rings. The molecule has 0 aliphatic heterocycles. The van der Waals surface area contributed by atoms with E-state index < -0.39 is 0 Å². The Kier molecular flexibility index (Phi) is 13.0. The van der Waals surface area contributed by atoms with Crippen LogP contribution in [0.25, 0.3) is 0 Å². The van der Waals surface area contributed by atoms with Gasteiger partial charge in [0.1, 0.15) is 0 Å². The van der Waals surface area contributed by atoms with Gasteiger partial charge < -0.3 is 4.74 Å². The van der Waals surface area contributed by atoms with Gasteiger partial charge in [-0.05, 0) is 31.1 Å². The maximum Gasteiger partial charge on any atom is 0.159 e. The number of ether oxygens (including phenoxy) is 1. The second kappa shape index (κ2) is 15.9. The van der Waals surface area contributed by atoms with Crippen molar-refractivity contribution in [3.05, 3.63) is 35.9 Å². The standard InChI is InChI=1S/C24H24OS/c1-2-25-24(26)22-18-13-11-9-7-5-3-4-6-8-10-12-15-19-23-20-16-14-17-21-23/h14,16-17,20-21H,2,4,7,10,13,18-19,22H2,1H3. The summed E-state index contributed by atoms with van der Waals surface area (Å²) in [6.07, 6.45) is 5.11. The van der Waals surface area contributed by atoms with Crippen LogP contribution in [-0.4, -0.2) is 11.7 Å². The van der Waals surface area contributed by atoms with Gasteiger partial charge in [0, 0.05) is 19.3 Å². The summed E-state index contributed by atoms with van der Waals surface area (Å²) in [6.45, 7) is 2.58. The Morgan fingerprint density at radius 1 is 0.846 bits per heavy atom. The molecule has 1 rings (SSSR count). The van der Waals surface area contributed by atoms with Crippen molar-refractivity contribution in [2.75, 3.05) is 6.61 Å². The molecule has 132 valence electrons. The summed E-state index contributed by atoms with van der Waals surface area (Å²) in [4.78, 5) is 0. The number of unbranched alkanes of at least 4 members (excludes halogenated alkanes) is 1. The maximum atomic E-state index is 5.22. The van der Waals surface area contributed by atoms with E-state index in [1.165, 1.54) is 5.56 Å². The minimum Gasteiger partial charge on any atom is -0.487 e. The predicted molar refractivity (Wildman–Crippen MR) is 113 cm³/mol. The van der Waals surface area contributed by atoms with Gasteiger partial charge in [0.05, 0.1) is 25.9 Å². The molecule has 0 amide bonds. The fourth-order valence-electron chi connectivity index (χ4n) is 1.91. The molecular weight excluding hydrogens is 336 g/mol. The van der Waals surface area contributed by atoms with E-state index in [-0.39, 0.29) is 0 Å². The van der Waals surface area contributed by atoms with Crippen LogP contribution >= 0.6 is 12.2 Å². The molecule has 0 aliphatic rings. The highest BCUT2D eigenvalue weighted by Gasteiger charge is 1.93. The summed E-state index contributed by atoms with van der Waals surface area (Å²) in [5.41, 5.74) is 1.23. The van der Waals surface area contributed by atoms with Crippen molar-refractivity contribution < 1.29 is 4.74 Å². The number of benzene rings is 1. The van der Waals surface area contributed by atoms with Gasteiger partial charge in [0.2, 0.25) is 0 Å². The molecule has 0 unspecified atom stereocenters. The van der Waals surface area contributed by atoms with Crippen molar-refractivity contribution in [1.82, 2.24) is 0 Å². The molecule has 1 aromatic carbocycles. The van der Waals surface area contributed by atoms with E-state index in [1.807, 2.05) is 25.1 Å². The van der Waals surface area contributed by atoms with Crippen LogP contribution in [0, 0.1) is 47.4 Å². The van der Waals surface area contributed by atoms with Crippen LogP contribution in [0.3, 0.4) is 0 Å². The monoisotopic (exact) mass is 360 g/mol. The summed E-state index contributed by atoms with van der Waals surface area (Å²) in [5, 5.41) is 0.678. The van der Waals surface area contributed by atoms with Gasteiger partial charge in [-0.2, -0.15) is 0 Å². The largest absolute Gasteiger partial charge is 0.487 e. The molecule has 2 heteroatoms. The van der Waals surface area contributed by atoms with Gasteiger partial charge in [0.15, 0.2) is 5.05 Å². The van der Waals surface area contributed by atoms with Gasteiger partial charge in [-0.15, -0.1) is 5.92 Å². The van der Waals surface area contributed by atoms with Gasteiger partial charge in [-0.25, -0.2) is 0 Å². The predicted octanol–water partition coefficient (Wildman–Crippen LogP) is 4.95. The van der Waals surface area contributed by atoms with Crippen molar-refractivity contribution in [2.45, 2.75) is 51.9 Å². The molecule has 0 saturated heterocycles. The molecule has 0 atom stereocenters. The van der Waals surface area contributed by atoms with Gasteiger partial charge in [-0.1, -0.05) is 71.8 Å². The van der Waals surface area contributed by atoms with Crippen molar-refractivity contribution in [1.29, 1.82) is 0 Å². The lowest BCUT2D eigenvalue weighted by molar-refractivity contribution is 0.326. The van der Waals surface area contributed by atoms with E-state index >= 15 is 0 Å². The minimum atomic E-state index is 0.574. The zero-order chi connectivity index (χ0) is 18.7. The molecule has 1 nitrogen and oxygen atoms in total. The Morgan fingerprint density at radius 3 is 2.04 bits per heavy atom. The van der Waals surface area contributed by atoms with Crippen LogP contribution < -0.4 is 0 Å². The molecule has 0 N–H and O–H groups in total. The third kappa shape index (κ3) is 12.7. The van der Waals surface area contributed by atoms with Crippen molar-refractivity contribution in [2.24, 2.45) is 0 Å². The molecule has 0 heterocycles. The summed E-state index contributed by atoms with van der Waals surface area (Å²) < 4.78 is 5.22. The third-order valence-electron chi connectivity index (χ3n) is 3.15. The topological polar surface area (TPSA) is 9.23 Å². The number of hydrogen-bond acceptors (Lipinski definition) is 2. The van der Waals surface area contributed by atoms with Crippen LogP contribution in [0.5, 0.6) is 0 Å². The average Bonchev–Trinajstić information content (AvgIpc) is 2.66. The Hall–Kier alpha value is -2.65. The van der Waals surface area contributed by atoms with Crippen molar-refractivity contribution in [3.63, 3.8) is 0 Å². The maximum absolute atomic E-state index is 5.22. The van der Waals surface area contributed by atoms with E-state index in [0.29, 0.717) is 30.9 Å². The lowest BCUT2D eigenvalue weighted by Crippen LogP contribution is -2.00. The first-order valence-electron chi connectivity index (χ1n) is 8.85. The molecule has 0 saturated carbocycles. The third-order valence-corrected chi connectivity index (χ3v) is 3.48. The number of hydrogen-bond donors (Lipinski definition) is 0. The summed E-state index contributed by atoms with van der Waals surface area (Å²) in [6, 6.07) is 10.2. The zero-order valence-electron chi connectivity index (χ0n) is 15.4. The lowest BCUT2D eigenvalue weighted by atomic mass is 10.1.